The van der Waals surface area contributed by atoms with E-state index in [9.17, 15) is 14.0 Å². The Morgan fingerprint density at radius 2 is 1.40 bits per heavy atom. The highest BCUT2D eigenvalue weighted by atomic mass is 32.2. The normalized spacial score (nSPS) is 16.5. The van der Waals surface area contributed by atoms with Crippen molar-refractivity contribution in [2.45, 2.75) is 19.0 Å². The SMILES string of the molecule is Cc1cc(C)nc(SC2=C(N3CCN(c4ccccc4)CC3)C(=O)N(c3ccccc3F)C2=O)n1. The van der Waals surface area contributed by atoms with Gasteiger partial charge in [0, 0.05) is 43.3 Å². The van der Waals surface area contributed by atoms with Gasteiger partial charge < -0.3 is 9.80 Å². The third-order valence-electron chi connectivity index (χ3n) is 5.98. The predicted molar refractivity (Wildman–Crippen MR) is 134 cm³/mol. The average Bonchev–Trinajstić information content (AvgIpc) is 3.08. The quantitative estimate of drug-likeness (QED) is 0.397. The van der Waals surface area contributed by atoms with Gasteiger partial charge in [0.15, 0.2) is 5.16 Å². The van der Waals surface area contributed by atoms with Gasteiger partial charge in [0.1, 0.15) is 16.4 Å². The lowest BCUT2D eigenvalue weighted by Crippen LogP contribution is -2.47. The number of benzene rings is 2. The molecule has 0 spiro atoms. The minimum atomic E-state index is -0.628. The molecule has 1 saturated heterocycles. The standard InChI is InChI=1S/C26H24FN5O2S/c1-17-16-18(2)29-26(28-17)35-23-22(24(33)32(25(23)34)21-11-7-6-10-20(21)27)31-14-12-30(13-15-31)19-8-4-3-5-9-19/h3-11,16H,12-15H2,1-2H3. The average molecular weight is 490 g/mol. The number of piperazine rings is 1. The monoisotopic (exact) mass is 489 g/mol. The number of amides is 2. The lowest BCUT2D eigenvalue weighted by atomic mass is 10.2. The number of rotatable bonds is 5. The second-order valence-electron chi connectivity index (χ2n) is 8.42. The van der Waals surface area contributed by atoms with Crippen LogP contribution in [0, 0.1) is 19.7 Å². The van der Waals surface area contributed by atoms with Crippen molar-refractivity contribution in [1.82, 2.24) is 14.9 Å². The molecule has 5 rings (SSSR count). The maximum absolute atomic E-state index is 14.6. The number of hydrogen-bond acceptors (Lipinski definition) is 7. The Kier molecular flexibility index (Phi) is 6.25. The summed E-state index contributed by atoms with van der Waals surface area (Å²) in [6, 6.07) is 17.7. The van der Waals surface area contributed by atoms with Crippen molar-refractivity contribution in [2.24, 2.45) is 0 Å². The summed E-state index contributed by atoms with van der Waals surface area (Å²) in [5.74, 6) is -1.72. The molecule has 0 atom stereocenters. The van der Waals surface area contributed by atoms with Gasteiger partial charge in [0.25, 0.3) is 11.8 Å². The molecule has 3 heterocycles. The molecule has 2 aliphatic heterocycles. The van der Waals surface area contributed by atoms with Crippen molar-refractivity contribution < 1.29 is 14.0 Å². The van der Waals surface area contributed by atoms with E-state index in [-0.39, 0.29) is 16.3 Å². The summed E-state index contributed by atoms with van der Waals surface area (Å²) >= 11 is 1.06. The molecule has 3 aromatic rings. The van der Waals surface area contributed by atoms with Crippen LogP contribution in [-0.4, -0.2) is 52.9 Å². The highest BCUT2D eigenvalue weighted by Gasteiger charge is 2.44. The summed E-state index contributed by atoms with van der Waals surface area (Å²) in [6.45, 7) is 6.17. The molecule has 1 fully saturated rings. The van der Waals surface area contributed by atoms with E-state index in [0.29, 0.717) is 31.3 Å². The third-order valence-corrected chi connectivity index (χ3v) is 6.92. The van der Waals surface area contributed by atoms with E-state index < -0.39 is 17.6 Å². The first kappa shape index (κ1) is 23.0. The van der Waals surface area contributed by atoms with E-state index in [0.717, 1.165) is 33.7 Å². The molecular formula is C26H24FN5O2S. The fourth-order valence-corrected chi connectivity index (χ4v) is 5.43. The Bertz CT molecular complexity index is 1300. The zero-order valence-electron chi connectivity index (χ0n) is 19.4. The minimum absolute atomic E-state index is 0.0557. The summed E-state index contributed by atoms with van der Waals surface area (Å²) in [5.41, 5.74) is 2.86. The second-order valence-corrected chi connectivity index (χ2v) is 9.40. The molecule has 2 amide bonds. The summed E-state index contributed by atoms with van der Waals surface area (Å²) in [4.78, 5) is 41.4. The van der Waals surface area contributed by atoms with Crippen molar-refractivity contribution in [3.05, 3.63) is 88.5 Å². The molecule has 0 unspecified atom stereocenters. The number of anilines is 2. The van der Waals surface area contributed by atoms with Gasteiger partial charge in [-0.25, -0.2) is 19.3 Å². The lowest BCUT2D eigenvalue weighted by molar-refractivity contribution is -0.121. The van der Waals surface area contributed by atoms with Crippen molar-refractivity contribution in [2.75, 3.05) is 36.0 Å². The maximum atomic E-state index is 14.6. The van der Waals surface area contributed by atoms with Crippen LogP contribution in [0.15, 0.2) is 76.4 Å². The molecule has 178 valence electrons. The molecule has 0 bridgehead atoms. The topological polar surface area (TPSA) is 69.6 Å². The van der Waals surface area contributed by atoms with E-state index in [1.807, 2.05) is 43.0 Å². The van der Waals surface area contributed by atoms with E-state index >= 15 is 0 Å². The minimum Gasteiger partial charge on any atom is -0.368 e. The van der Waals surface area contributed by atoms with Crippen LogP contribution in [0.3, 0.4) is 0 Å². The number of nitrogens with zero attached hydrogens (tertiary/aromatic N) is 5. The van der Waals surface area contributed by atoms with Crippen molar-refractivity contribution in [1.29, 1.82) is 0 Å². The molecule has 0 radical (unpaired) electrons. The zero-order chi connectivity index (χ0) is 24.5. The molecule has 7 nitrogen and oxygen atoms in total. The molecular weight excluding hydrogens is 465 g/mol. The van der Waals surface area contributed by atoms with E-state index in [4.69, 9.17) is 0 Å². The Morgan fingerprint density at radius 3 is 2.06 bits per heavy atom. The van der Waals surface area contributed by atoms with E-state index in [2.05, 4.69) is 27.0 Å². The number of aromatic nitrogens is 2. The smallest absolute Gasteiger partial charge is 0.283 e. The predicted octanol–water partition coefficient (Wildman–Crippen LogP) is 3.93. The van der Waals surface area contributed by atoms with Crippen molar-refractivity contribution in [3.63, 3.8) is 0 Å². The van der Waals surface area contributed by atoms with Crippen LogP contribution >= 0.6 is 11.8 Å². The fourth-order valence-electron chi connectivity index (χ4n) is 4.38. The highest BCUT2D eigenvalue weighted by Crippen LogP contribution is 2.38. The Balaban J connectivity index is 1.49. The molecule has 35 heavy (non-hydrogen) atoms. The second kappa shape index (κ2) is 9.50. The zero-order valence-corrected chi connectivity index (χ0v) is 20.3. The van der Waals surface area contributed by atoms with Gasteiger partial charge >= 0.3 is 0 Å². The molecule has 0 saturated carbocycles. The van der Waals surface area contributed by atoms with Gasteiger partial charge in [-0.15, -0.1) is 0 Å². The van der Waals surface area contributed by atoms with Crippen molar-refractivity contribution >= 4 is 35.0 Å². The maximum Gasteiger partial charge on any atom is 0.283 e. The van der Waals surface area contributed by atoms with Crippen LogP contribution in [0.4, 0.5) is 15.8 Å². The molecule has 2 aromatic carbocycles. The largest absolute Gasteiger partial charge is 0.368 e. The molecule has 1 aromatic heterocycles. The van der Waals surface area contributed by atoms with Gasteiger partial charge in [-0.2, -0.15) is 0 Å². The molecule has 0 N–H and O–H groups in total. The number of para-hydroxylation sites is 2. The number of thioether (sulfide) groups is 1. The first-order valence-electron chi connectivity index (χ1n) is 11.3. The number of hydrogen-bond donors (Lipinski definition) is 0. The van der Waals surface area contributed by atoms with Crippen LogP contribution in [-0.2, 0) is 9.59 Å². The Hall–Kier alpha value is -3.72. The van der Waals surface area contributed by atoms with Gasteiger partial charge in [0.2, 0.25) is 0 Å². The molecule has 0 aliphatic carbocycles. The van der Waals surface area contributed by atoms with Crippen LogP contribution in [0.25, 0.3) is 0 Å². The lowest BCUT2D eigenvalue weighted by Gasteiger charge is -2.37. The summed E-state index contributed by atoms with van der Waals surface area (Å²) in [7, 11) is 0. The number of aryl methyl sites for hydroxylation is 2. The number of carbonyl (C=O) groups excluding carboxylic acids is 2. The third kappa shape index (κ3) is 4.51. The Labute approximate surface area is 207 Å². The number of carbonyl (C=O) groups is 2. The first-order chi connectivity index (χ1) is 16.9. The Morgan fingerprint density at radius 1 is 0.800 bits per heavy atom. The van der Waals surface area contributed by atoms with Gasteiger partial charge in [-0.1, -0.05) is 30.3 Å². The number of imide groups is 1. The molecule has 9 heteroatoms. The highest BCUT2D eigenvalue weighted by molar-refractivity contribution is 8.04. The summed E-state index contributed by atoms with van der Waals surface area (Å²) in [6.07, 6.45) is 0. The first-order valence-corrected chi connectivity index (χ1v) is 12.2. The van der Waals surface area contributed by atoms with E-state index in [1.54, 1.807) is 6.07 Å². The van der Waals surface area contributed by atoms with Crippen LogP contribution in [0.1, 0.15) is 11.4 Å². The fraction of sp³-hybridized carbons (Fsp3) is 0.231. The summed E-state index contributed by atoms with van der Waals surface area (Å²) in [5, 5.41) is 0.384. The van der Waals surface area contributed by atoms with Crippen LogP contribution in [0.2, 0.25) is 0 Å². The summed E-state index contributed by atoms with van der Waals surface area (Å²) < 4.78 is 14.6. The van der Waals surface area contributed by atoms with Crippen LogP contribution < -0.4 is 9.80 Å². The molecule has 2 aliphatic rings. The van der Waals surface area contributed by atoms with Crippen LogP contribution in [0.5, 0.6) is 0 Å². The van der Waals surface area contributed by atoms with E-state index in [1.165, 1.54) is 18.2 Å². The van der Waals surface area contributed by atoms with Gasteiger partial charge in [-0.05, 0) is 55.9 Å². The van der Waals surface area contributed by atoms with Gasteiger partial charge in [-0.3, -0.25) is 9.59 Å². The van der Waals surface area contributed by atoms with Crippen molar-refractivity contribution in [3.8, 4) is 0 Å². The van der Waals surface area contributed by atoms with Gasteiger partial charge in [0.05, 0.1) is 5.69 Å². The number of halogens is 1.